The number of hydrogen-bond acceptors (Lipinski definition) is 4. The highest BCUT2D eigenvalue weighted by atomic mass is 32.2. The summed E-state index contributed by atoms with van der Waals surface area (Å²) in [6, 6.07) is 11.6. The zero-order chi connectivity index (χ0) is 14.8. The van der Waals surface area contributed by atoms with Gasteiger partial charge in [-0.05, 0) is 42.5 Å². The van der Waals surface area contributed by atoms with Gasteiger partial charge in [0.15, 0.2) is 0 Å². The first-order valence-corrected chi connectivity index (χ1v) is 7.05. The summed E-state index contributed by atoms with van der Waals surface area (Å²) in [4.78, 5) is 11.7. The van der Waals surface area contributed by atoms with E-state index in [4.69, 9.17) is 10.3 Å². The van der Waals surface area contributed by atoms with Crippen LogP contribution in [0.15, 0.2) is 53.4 Å². The molecule has 0 atom stereocenters. The van der Waals surface area contributed by atoms with Crippen molar-refractivity contribution in [3.05, 3.63) is 54.1 Å². The van der Waals surface area contributed by atoms with Crippen molar-refractivity contribution in [2.24, 2.45) is 0 Å². The lowest BCUT2D eigenvalue weighted by atomic mass is 10.2. The number of nitrogens with two attached hydrogens (primary N) is 1. The fourth-order valence-corrected chi connectivity index (χ4v) is 2.07. The van der Waals surface area contributed by atoms with Crippen LogP contribution in [0.4, 0.5) is 11.4 Å². The van der Waals surface area contributed by atoms with Gasteiger partial charge >= 0.3 is 0 Å². The summed E-state index contributed by atoms with van der Waals surface area (Å²) in [7, 11) is -4.24. The Morgan fingerprint density at radius 1 is 1.10 bits per heavy atom. The van der Waals surface area contributed by atoms with Gasteiger partial charge in [0.2, 0.25) is 0 Å². The fraction of sp³-hybridized carbons (Fsp3) is 0. The lowest BCUT2D eigenvalue weighted by molar-refractivity contribution is 0.102. The molecule has 4 N–H and O–H groups in total. The first-order chi connectivity index (χ1) is 9.36. The summed E-state index contributed by atoms with van der Waals surface area (Å²) in [5.41, 5.74) is 6.85. The van der Waals surface area contributed by atoms with Gasteiger partial charge in [0, 0.05) is 16.9 Å². The van der Waals surface area contributed by atoms with Gasteiger partial charge in [-0.15, -0.1) is 0 Å². The number of carbonyl (C=O) groups is 1. The fourth-order valence-electron chi connectivity index (χ4n) is 1.59. The molecule has 0 bridgehead atoms. The Morgan fingerprint density at radius 3 is 2.30 bits per heavy atom. The third-order valence-corrected chi connectivity index (χ3v) is 3.43. The number of anilines is 2. The Labute approximate surface area is 116 Å². The Morgan fingerprint density at radius 2 is 1.75 bits per heavy atom. The summed E-state index contributed by atoms with van der Waals surface area (Å²) < 4.78 is 30.6. The van der Waals surface area contributed by atoms with Gasteiger partial charge in [-0.1, -0.05) is 6.07 Å². The van der Waals surface area contributed by atoms with E-state index < -0.39 is 10.1 Å². The van der Waals surface area contributed by atoms with E-state index in [-0.39, 0.29) is 10.8 Å². The number of amides is 1. The zero-order valence-electron chi connectivity index (χ0n) is 10.3. The highest BCUT2D eigenvalue weighted by Gasteiger charge is 2.10. The molecule has 0 unspecified atom stereocenters. The first-order valence-electron chi connectivity index (χ1n) is 5.61. The summed E-state index contributed by atoms with van der Waals surface area (Å²) in [6.07, 6.45) is 0. The zero-order valence-corrected chi connectivity index (χ0v) is 11.1. The minimum Gasteiger partial charge on any atom is -0.399 e. The monoisotopic (exact) mass is 292 g/mol. The van der Waals surface area contributed by atoms with Crippen molar-refractivity contribution in [2.45, 2.75) is 4.90 Å². The van der Waals surface area contributed by atoms with E-state index in [1.165, 1.54) is 30.3 Å². The van der Waals surface area contributed by atoms with E-state index in [1.54, 1.807) is 18.2 Å². The highest BCUT2D eigenvalue weighted by Crippen LogP contribution is 2.15. The Kier molecular flexibility index (Phi) is 3.73. The Bertz CT molecular complexity index is 739. The molecule has 0 saturated heterocycles. The number of rotatable bonds is 3. The van der Waals surface area contributed by atoms with Crippen molar-refractivity contribution in [1.82, 2.24) is 0 Å². The van der Waals surface area contributed by atoms with Crippen molar-refractivity contribution in [1.29, 1.82) is 0 Å². The predicted molar refractivity (Wildman–Crippen MR) is 75.1 cm³/mol. The minimum absolute atomic E-state index is 0.237. The van der Waals surface area contributed by atoms with Crippen LogP contribution >= 0.6 is 0 Å². The highest BCUT2D eigenvalue weighted by molar-refractivity contribution is 7.85. The quantitative estimate of drug-likeness (QED) is 0.590. The number of hydrogen-bond donors (Lipinski definition) is 3. The molecule has 2 aromatic rings. The molecule has 20 heavy (non-hydrogen) atoms. The molecule has 0 aromatic heterocycles. The summed E-state index contributed by atoms with van der Waals surface area (Å²) in [5.74, 6) is -0.364. The van der Waals surface area contributed by atoms with Gasteiger partial charge in [-0.3, -0.25) is 9.35 Å². The van der Waals surface area contributed by atoms with Crippen LogP contribution in [0.3, 0.4) is 0 Å². The lowest BCUT2D eigenvalue weighted by Gasteiger charge is -2.06. The minimum atomic E-state index is -4.24. The molecule has 1 amide bonds. The molecule has 0 heterocycles. The van der Waals surface area contributed by atoms with Gasteiger partial charge < -0.3 is 11.1 Å². The third-order valence-electron chi connectivity index (χ3n) is 2.56. The van der Waals surface area contributed by atoms with Crippen LogP contribution in [0.2, 0.25) is 0 Å². The molecule has 104 valence electrons. The lowest BCUT2D eigenvalue weighted by Crippen LogP contribution is -2.12. The number of carbonyl (C=O) groups excluding carboxylic acids is 1. The number of nitrogens with one attached hydrogen (secondary N) is 1. The standard InChI is InChI=1S/C13H12N2O4S/c14-10-3-1-2-9(8-10)13(16)15-11-4-6-12(7-5-11)20(17,18)19/h1-8H,14H2,(H,15,16)(H,17,18,19). The average Bonchev–Trinajstić information content (AvgIpc) is 2.38. The maximum Gasteiger partial charge on any atom is 0.294 e. The maximum absolute atomic E-state index is 11.9. The molecular weight excluding hydrogens is 280 g/mol. The second-order valence-electron chi connectivity index (χ2n) is 4.08. The van der Waals surface area contributed by atoms with Crippen LogP contribution in [0, 0.1) is 0 Å². The molecule has 0 aliphatic rings. The molecular formula is C13H12N2O4S. The van der Waals surface area contributed by atoms with Crippen LogP contribution in [-0.4, -0.2) is 18.9 Å². The smallest absolute Gasteiger partial charge is 0.294 e. The van der Waals surface area contributed by atoms with E-state index in [2.05, 4.69) is 5.32 Å². The topological polar surface area (TPSA) is 109 Å². The van der Waals surface area contributed by atoms with E-state index in [9.17, 15) is 13.2 Å². The van der Waals surface area contributed by atoms with Crippen molar-refractivity contribution < 1.29 is 17.8 Å². The van der Waals surface area contributed by atoms with Gasteiger partial charge in [0.1, 0.15) is 0 Å². The van der Waals surface area contributed by atoms with Crippen LogP contribution < -0.4 is 11.1 Å². The molecule has 2 rings (SSSR count). The summed E-state index contributed by atoms with van der Waals surface area (Å²) in [6.45, 7) is 0. The van der Waals surface area contributed by atoms with E-state index in [1.807, 2.05) is 0 Å². The Hall–Kier alpha value is -2.38. The van der Waals surface area contributed by atoms with E-state index in [0.29, 0.717) is 16.9 Å². The molecule has 0 saturated carbocycles. The second kappa shape index (κ2) is 5.32. The SMILES string of the molecule is Nc1cccc(C(=O)Nc2ccc(S(=O)(=O)O)cc2)c1. The van der Waals surface area contributed by atoms with Gasteiger partial charge in [0.25, 0.3) is 16.0 Å². The van der Waals surface area contributed by atoms with Crippen molar-refractivity contribution in [3.63, 3.8) is 0 Å². The largest absolute Gasteiger partial charge is 0.399 e. The molecule has 6 nitrogen and oxygen atoms in total. The van der Waals surface area contributed by atoms with E-state index >= 15 is 0 Å². The molecule has 0 radical (unpaired) electrons. The number of benzene rings is 2. The van der Waals surface area contributed by atoms with E-state index in [0.717, 1.165) is 0 Å². The normalized spacial score (nSPS) is 11.1. The molecule has 7 heteroatoms. The van der Waals surface area contributed by atoms with Crippen molar-refractivity contribution >= 4 is 27.4 Å². The molecule has 0 aliphatic carbocycles. The van der Waals surface area contributed by atoms with Crippen LogP contribution in [-0.2, 0) is 10.1 Å². The molecule has 0 fully saturated rings. The van der Waals surface area contributed by atoms with Crippen molar-refractivity contribution in [3.8, 4) is 0 Å². The van der Waals surface area contributed by atoms with Crippen LogP contribution in [0.1, 0.15) is 10.4 Å². The van der Waals surface area contributed by atoms with Gasteiger partial charge in [-0.2, -0.15) is 8.42 Å². The summed E-state index contributed by atoms with van der Waals surface area (Å²) in [5, 5.41) is 2.59. The third kappa shape index (κ3) is 3.34. The van der Waals surface area contributed by atoms with Crippen LogP contribution in [0.25, 0.3) is 0 Å². The molecule has 2 aromatic carbocycles. The van der Waals surface area contributed by atoms with Gasteiger partial charge in [0.05, 0.1) is 4.90 Å². The van der Waals surface area contributed by atoms with Gasteiger partial charge in [-0.25, -0.2) is 0 Å². The first kappa shape index (κ1) is 14.0. The summed E-state index contributed by atoms with van der Waals surface area (Å²) >= 11 is 0. The predicted octanol–water partition coefficient (Wildman–Crippen LogP) is 1.77. The Balaban J connectivity index is 2.16. The molecule has 0 spiro atoms. The average molecular weight is 292 g/mol. The van der Waals surface area contributed by atoms with Crippen LogP contribution in [0.5, 0.6) is 0 Å². The molecule has 0 aliphatic heterocycles. The second-order valence-corrected chi connectivity index (χ2v) is 5.50. The number of nitrogen functional groups attached to an aromatic ring is 1. The maximum atomic E-state index is 11.9. The van der Waals surface area contributed by atoms with Crippen molar-refractivity contribution in [2.75, 3.05) is 11.1 Å².